The first-order valence-electron chi connectivity index (χ1n) is 9.12. The first kappa shape index (κ1) is 16.5. The average molecular weight is 336 g/mol. The van der Waals surface area contributed by atoms with Crippen molar-refractivity contribution in [3.63, 3.8) is 0 Å². The van der Waals surface area contributed by atoms with Crippen LogP contribution in [-0.4, -0.2) is 80.7 Å². The molecule has 0 aromatic carbocycles. The molecule has 24 heavy (non-hydrogen) atoms. The smallest absolute Gasteiger partial charge is 0.117 e. The number of morpholine rings is 1. The minimum atomic E-state index is -0.153. The Morgan fingerprint density at radius 3 is 2.75 bits per heavy atom. The molecule has 3 saturated heterocycles. The summed E-state index contributed by atoms with van der Waals surface area (Å²) in [5, 5.41) is 0. The van der Waals surface area contributed by atoms with Crippen LogP contribution in [0.3, 0.4) is 0 Å². The quantitative estimate of drug-likeness (QED) is 0.827. The van der Waals surface area contributed by atoms with Gasteiger partial charge in [0.25, 0.3) is 0 Å². The Balaban J connectivity index is 1.34. The van der Waals surface area contributed by atoms with E-state index in [4.69, 9.17) is 18.6 Å². The summed E-state index contributed by atoms with van der Waals surface area (Å²) in [7, 11) is 0. The van der Waals surface area contributed by atoms with Gasteiger partial charge < -0.3 is 18.6 Å². The number of nitrogens with zero attached hydrogens (tertiary/aromatic N) is 2. The topological polar surface area (TPSA) is 47.3 Å². The van der Waals surface area contributed by atoms with Gasteiger partial charge in [0.2, 0.25) is 0 Å². The molecule has 0 amide bonds. The molecule has 3 aliphatic heterocycles. The summed E-state index contributed by atoms with van der Waals surface area (Å²) in [6, 6.07) is 3.99. The van der Waals surface area contributed by atoms with E-state index >= 15 is 0 Å². The zero-order valence-corrected chi connectivity index (χ0v) is 14.3. The SMILES string of the molecule is c1coc(CN2CCOC[C@@]3(CC[C@@H](CN4CCOCC4)O3)C2)c1. The highest BCUT2D eigenvalue weighted by atomic mass is 16.6. The van der Waals surface area contributed by atoms with E-state index in [1.165, 1.54) is 0 Å². The molecule has 0 N–H and O–H groups in total. The van der Waals surface area contributed by atoms with Crippen LogP contribution in [0.4, 0.5) is 0 Å². The van der Waals surface area contributed by atoms with Crippen LogP contribution in [0.5, 0.6) is 0 Å². The Morgan fingerprint density at radius 1 is 1.08 bits per heavy atom. The lowest BCUT2D eigenvalue weighted by molar-refractivity contribution is -0.0969. The highest BCUT2D eigenvalue weighted by Gasteiger charge is 2.43. The molecule has 4 heterocycles. The number of ether oxygens (including phenoxy) is 3. The number of furan rings is 1. The second kappa shape index (κ2) is 7.54. The van der Waals surface area contributed by atoms with Gasteiger partial charge in [-0.3, -0.25) is 9.80 Å². The third-order valence-electron chi connectivity index (χ3n) is 5.29. The Hall–Kier alpha value is -0.920. The van der Waals surface area contributed by atoms with Crippen molar-refractivity contribution in [2.75, 3.05) is 59.2 Å². The lowest BCUT2D eigenvalue weighted by Gasteiger charge is -2.33. The lowest BCUT2D eigenvalue weighted by atomic mass is 10.00. The Labute approximate surface area is 143 Å². The van der Waals surface area contributed by atoms with Crippen molar-refractivity contribution < 1.29 is 18.6 Å². The molecule has 2 atom stereocenters. The van der Waals surface area contributed by atoms with Crippen LogP contribution in [0.1, 0.15) is 18.6 Å². The van der Waals surface area contributed by atoms with E-state index in [2.05, 4.69) is 9.80 Å². The summed E-state index contributed by atoms with van der Waals surface area (Å²) in [5.41, 5.74) is -0.153. The predicted octanol–water partition coefficient (Wildman–Crippen LogP) is 1.36. The van der Waals surface area contributed by atoms with Crippen molar-refractivity contribution in [3.8, 4) is 0 Å². The molecular formula is C18H28N2O4. The van der Waals surface area contributed by atoms with E-state index in [0.717, 1.165) is 77.7 Å². The van der Waals surface area contributed by atoms with Crippen LogP contribution in [0, 0.1) is 0 Å². The molecule has 0 bridgehead atoms. The van der Waals surface area contributed by atoms with Crippen LogP contribution < -0.4 is 0 Å². The highest BCUT2D eigenvalue weighted by molar-refractivity contribution is 5.00. The molecule has 0 radical (unpaired) electrons. The van der Waals surface area contributed by atoms with Gasteiger partial charge in [0, 0.05) is 32.7 Å². The van der Waals surface area contributed by atoms with Gasteiger partial charge in [-0.15, -0.1) is 0 Å². The van der Waals surface area contributed by atoms with Gasteiger partial charge in [0.1, 0.15) is 11.4 Å². The summed E-state index contributed by atoms with van der Waals surface area (Å²) in [6.45, 7) is 8.91. The second-order valence-electron chi connectivity index (χ2n) is 7.22. The van der Waals surface area contributed by atoms with Crippen molar-refractivity contribution in [1.82, 2.24) is 9.80 Å². The molecule has 0 saturated carbocycles. The van der Waals surface area contributed by atoms with E-state index in [9.17, 15) is 0 Å². The Morgan fingerprint density at radius 2 is 1.92 bits per heavy atom. The predicted molar refractivity (Wildman–Crippen MR) is 88.9 cm³/mol. The van der Waals surface area contributed by atoms with Gasteiger partial charge in [-0.2, -0.15) is 0 Å². The number of rotatable bonds is 4. The minimum absolute atomic E-state index is 0.153. The molecule has 1 aromatic rings. The lowest BCUT2D eigenvalue weighted by Crippen LogP contribution is -2.46. The summed E-state index contributed by atoms with van der Waals surface area (Å²) in [4.78, 5) is 4.87. The van der Waals surface area contributed by atoms with Crippen LogP contribution in [-0.2, 0) is 20.8 Å². The average Bonchev–Trinajstić information content (AvgIpc) is 3.18. The van der Waals surface area contributed by atoms with E-state index in [1.54, 1.807) is 6.26 Å². The molecule has 0 aliphatic carbocycles. The Kier molecular flexibility index (Phi) is 5.20. The molecule has 6 heteroatoms. The van der Waals surface area contributed by atoms with E-state index in [0.29, 0.717) is 12.7 Å². The third kappa shape index (κ3) is 4.00. The molecule has 6 nitrogen and oxygen atoms in total. The largest absolute Gasteiger partial charge is 0.468 e. The fourth-order valence-corrected chi connectivity index (χ4v) is 4.06. The molecule has 3 aliphatic rings. The van der Waals surface area contributed by atoms with Crippen molar-refractivity contribution >= 4 is 0 Å². The van der Waals surface area contributed by atoms with Gasteiger partial charge >= 0.3 is 0 Å². The first-order chi connectivity index (χ1) is 11.8. The number of hydrogen-bond donors (Lipinski definition) is 0. The molecule has 0 unspecified atom stereocenters. The van der Waals surface area contributed by atoms with Gasteiger partial charge in [-0.1, -0.05) is 0 Å². The minimum Gasteiger partial charge on any atom is -0.468 e. The standard InChI is InChI=1S/C18H28N2O4/c1-2-16(23-8-1)12-20-7-11-22-15-18(14-20)4-3-17(24-18)13-19-5-9-21-10-6-19/h1-2,8,17H,3-7,9-15H2/t17-,18+/m0/s1. The zero-order chi connectivity index (χ0) is 16.2. The maximum atomic E-state index is 6.54. The third-order valence-corrected chi connectivity index (χ3v) is 5.29. The monoisotopic (exact) mass is 336 g/mol. The zero-order valence-electron chi connectivity index (χ0n) is 14.3. The summed E-state index contributed by atoms with van der Waals surface area (Å²) in [5.74, 6) is 1.01. The van der Waals surface area contributed by atoms with Gasteiger partial charge in [-0.25, -0.2) is 0 Å². The van der Waals surface area contributed by atoms with E-state index < -0.39 is 0 Å². The molecule has 4 rings (SSSR count). The van der Waals surface area contributed by atoms with E-state index in [-0.39, 0.29) is 5.60 Å². The van der Waals surface area contributed by atoms with Crippen molar-refractivity contribution in [3.05, 3.63) is 24.2 Å². The van der Waals surface area contributed by atoms with Crippen LogP contribution in [0.25, 0.3) is 0 Å². The molecule has 1 spiro atoms. The Bertz CT molecular complexity index is 503. The maximum absolute atomic E-state index is 6.54. The second-order valence-corrected chi connectivity index (χ2v) is 7.22. The van der Waals surface area contributed by atoms with Gasteiger partial charge in [-0.05, 0) is 25.0 Å². The summed E-state index contributed by atoms with van der Waals surface area (Å²) in [6.07, 6.45) is 4.26. The van der Waals surface area contributed by atoms with Gasteiger partial charge in [0.05, 0.1) is 45.3 Å². The summed E-state index contributed by atoms with van der Waals surface area (Å²) >= 11 is 0. The molecule has 1 aromatic heterocycles. The van der Waals surface area contributed by atoms with Crippen LogP contribution >= 0.6 is 0 Å². The molecule has 3 fully saturated rings. The van der Waals surface area contributed by atoms with Crippen molar-refractivity contribution in [2.24, 2.45) is 0 Å². The molecule has 134 valence electrons. The highest BCUT2D eigenvalue weighted by Crippen LogP contribution is 2.34. The van der Waals surface area contributed by atoms with Gasteiger partial charge in [0.15, 0.2) is 0 Å². The van der Waals surface area contributed by atoms with E-state index in [1.807, 2.05) is 12.1 Å². The van der Waals surface area contributed by atoms with Crippen molar-refractivity contribution in [1.29, 1.82) is 0 Å². The normalized spacial score (nSPS) is 33.1. The fourth-order valence-electron chi connectivity index (χ4n) is 4.06. The van der Waals surface area contributed by atoms with Crippen LogP contribution in [0.2, 0.25) is 0 Å². The summed E-state index contributed by atoms with van der Waals surface area (Å²) < 4.78 is 23.4. The number of hydrogen-bond acceptors (Lipinski definition) is 6. The fraction of sp³-hybridized carbons (Fsp3) is 0.778. The molecular weight excluding hydrogens is 308 g/mol. The maximum Gasteiger partial charge on any atom is 0.117 e. The van der Waals surface area contributed by atoms with Crippen molar-refractivity contribution in [2.45, 2.75) is 31.1 Å². The van der Waals surface area contributed by atoms with Crippen LogP contribution in [0.15, 0.2) is 22.8 Å². The first-order valence-corrected chi connectivity index (χ1v) is 9.12.